The van der Waals surface area contributed by atoms with Crippen LogP contribution in [0.25, 0.3) is 0 Å². The third kappa shape index (κ3) is 4.83. The molecule has 3 aromatic carbocycles. The zero-order chi connectivity index (χ0) is 23.8. The van der Waals surface area contributed by atoms with Crippen LogP contribution in [0.1, 0.15) is 71.0 Å². The van der Waals surface area contributed by atoms with Gasteiger partial charge >= 0.3 is 0 Å². The molecule has 0 aromatic heterocycles. The fourth-order valence-electron chi connectivity index (χ4n) is 3.93. The molecule has 0 fully saturated rings. The minimum absolute atomic E-state index is 0.0309. The smallest absolute Gasteiger partial charge is 0.261 e. The molecular weight excluding hydrogens is 436 g/mol. The molecule has 3 aromatic rings. The maximum Gasteiger partial charge on any atom is 0.261 e. The lowest BCUT2D eigenvalue weighted by atomic mass is 9.91. The van der Waals surface area contributed by atoms with Gasteiger partial charge in [0, 0.05) is 28.9 Å². The Morgan fingerprint density at radius 3 is 2.52 bits per heavy atom. The summed E-state index contributed by atoms with van der Waals surface area (Å²) in [5.74, 6) is 0.0764. The molecule has 0 amide bonds. The second-order valence-electron chi connectivity index (χ2n) is 8.60. The summed E-state index contributed by atoms with van der Waals surface area (Å²) < 4.78 is 28.6. The SMILES string of the molecule is CC(=O)c1cccc(C2CC(=O)c3cc(S(=O)(=O)Nc4cccc(C(C)C)c4)ccc3N2)c1. The minimum Gasteiger partial charge on any atom is -0.377 e. The van der Waals surface area contributed by atoms with Crippen molar-refractivity contribution >= 4 is 33.0 Å². The van der Waals surface area contributed by atoms with Gasteiger partial charge in [-0.2, -0.15) is 0 Å². The molecule has 170 valence electrons. The van der Waals surface area contributed by atoms with Crippen LogP contribution in [-0.4, -0.2) is 20.0 Å². The fraction of sp³-hybridized carbons (Fsp3) is 0.231. The lowest BCUT2D eigenvalue weighted by molar-refractivity contribution is 0.0971. The highest BCUT2D eigenvalue weighted by atomic mass is 32.2. The molecule has 2 N–H and O–H groups in total. The number of fused-ring (bicyclic) bond motifs is 1. The molecule has 0 saturated carbocycles. The van der Waals surface area contributed by atoms with Crippen molar-refractivity contribution < 1.29 is 18.0 Å². The van der Waals surface area contributed by atoms with Crippen LogP contribution in [0.15, 0.2) is 71.6 Å². The first kappa shape index (κ1) is 22.7. The van der Waals surface area contributed by atoms with Crippen molar-refractivity contribution in [1.29, 1.82) is 0 Å². The lowest BCUT2D eigenvalue weighted by Crippen LogP contribution is -2.24. The summed E-state index contributed by atoms with van der Waals surface area (Å²) in [7, 11) is -3.86. The summed E-state index contributed by atoms with van der Waals surface area (Å²) in [4.78, 5) is 24.7. The Labute approximate surface area is 194 Å². The van der Waals surface area contributed by atoms with E-state index in [0.29, 0.717) is 22.5 Å². The van der Waals surface area contributed by atoms with Crippen molar-refractivity contribution in [2.24, 2.45) is 0 Å². The third-order valence-corrected chi connectivity index (χ3v) is 7.20. The van der Waals surface area contributed by atoms with Gasteiger partial charge < -0.3 is 5.32 Å². The van der Waals surface area contributed by atoms with Gasteiger partial charge in [-0.1, -0.05) is 44.2 Å². The average molecular weight is 463 g/mol. The molecule has 0 radical (unpaired) electrons. The molecule has 0 aliphatic carbocycles. The zero-order valence-corrected chi connectivity index (χ0v) is 19.6. The van der Waals surface area contributed by atoms with Gasteiger partial charge in [-0.3, -0.25) is 14.3 Å². The quantitative estimate of drug-likeness (QED) is 0.468. The Morgan fingerprint density at radius 2 is 1.79 bits per heavy atom. The van der Waals surface area contributed by atoms with Gasteiger partial charge in [0.25, 0.3) is 10.0 Å². The average Bonchev–Trinajstić information content (AvgIpc) is 2.78. The Hall–Kier alpha value is -3.45. The van der Waals surface area contributed by atoms with Crippen LogP contribution < -0.4 is 10.0 Å². The van der Waals surface area contributed by atoms with E-state index in [1.807, 2.05) is 38.1 Å². The normalized spacial score (nSPS) is 15.6. The molecule has 1 aliphatic rings. The van der Waals surface area contributed by atoms with E-state index in [4.69, 9.17) is 0 Å². The van der Waals surface area contributed by atoms with Crippen LogP contribution in [-0.2, 0) is 10.0 Å². The summed E-state index contributed by atoms with van der Waals surface area (Å²) >= 11 is 0. The first-order valence-electron chi connectivity index (χ1n) is 10.8. The Balaban J connectivity index is 1.60. The number of sulfonamides is 1. The van der Waals surface area contributed by atoms with Gasteiger partial charge in [0.15, 0.2) is 11.6 Å². The Bertz CT molecular complexity index is 1350. The van der Waals surface area contributed by atoms with Crippen LogP contribution in [0, 0.1) is 0 Å². The van der Waals surface area contributed by atoms with Crippen LogP contribution >= 0.6 is 0 Å². The molecule has 1 unspecified atom stereocenters. The molecule has 6 nitrogen and oxygen atoms in total. The van der Waals surface area contributed by atoms with Crippen molar-refractivity contribution in [3.63, 3.8) is 0 Å². The highest BCUT2D eigenvalue weighted by Crippen LogP contribution is 2.34. The van der Waals surface area contributed by atoms with Crippen molar-refractivity contribution in [2.75, 3.05) is 10.0 Å². The van der Waals surface area contributed by atoms with E-state index in [1.54, 1.807) is 30.3 Å². The van der Waals surface area contributed by atoms with Gasteiger partial charge in [-0.15, -0.1) is 0 Å². The Morgan fingerprint density at radius 1 is 1.03 bits per heavy atom. The highest BCUT2D eigenvalue weighted by molar-refractivity contribution is 7.92. The number of hydrogen-bond donors (Lipinski definition) is 2. The summed E-state index contributed by atoms with van der Waals surface area (Å²) in [6.07, 6.45) is 0.168. The van der Waals surface area contributed by atoms with E-state index in [1.165, 1.54) is 19.1 Å². The van der Waals surface area contributed by atoms with Crippen molar-refractivity contribution in [3.05, 3.63) is 89.0 Å². The van der Waals surface area contributed by atoms with Gasteiger partial charge in [-0.25, -0.2) is 8.42 Å². The number of carbonyl (C=O) groups is 2. The largest absolute Gasteiger partial charge is 0.377 e. The number of rotatable bonds is 6. The third-order valence-electron chi connectivity index (χ3n) is 5.82. The number of hydrogen-bond acceptors (Lipinski definition) is 5. The number of Topliss-reactive ketones (excluding diaryl/α,β-unsaturated/α-hetero) is 2. The van der Waals surface area contributed by atoms with E-state index in [9.17, 15) is 18.0 Å². The molecule has 33 heavy (non-hydrogen) atoms. The van der Waals surface area contributed by atoms with Crippen LogP contribution in [0.2, 0.25) is 0 Å². The molecule has 0 saturated heterocycles. The van der Waals surface area contributed by atoms with Crippen LogP contribution in [0.3, 0.4) is 0 Å². The number of ketones is 2. The first-order chi connectivity index (χ1) is 15.6. The van der Waals surface area contributed by atoms with E-state index in [2.05, 4.69) is 10.0 Å². The highest BCUT2D eigenvalue weighted by Gasteiger charge is 2.28. The predicted octanol–water partition coefficient (Wildman–Crippen LogP) is 5.55. The van der Waals surface area contributed by atoms with Crippen molar-refractivity contribution in [3.8, 4) is 0 Å². The van der Waals surface area contributed by atoms with Crippen molar-refractivity contribution in [1.82, 2.24) is 0 Å². The number of carbonyl (C=O) groups excluding carboxylic acids is 2. The maximum absolute atomic E-state index is 13.0. The van der Waals surface area contributed by atoms with Crippen molar-refractivity contribution in [2.45, 2.75) is 44.0 Å². The maximum atomic E-state index is 13.0. The molecule has 1 atom stereocenters. The molecule has 7 heteroatoms. The lowest BCUT2D eigenvalue weighted by Gasteiger charge is -2.27. The number of anilines is 2. The van der Waals surface area contributed by atoms with Gasteiger partial charge in [0.1, 0.15) is 0 Å². The number of benzene rings is 3. The fourth-order valence-corrected chi connectivity index (χ4v) is 5.01. The molecule has 1 heterocycles. The molecule has 0 spiro atoms. The second kappa shape index (κ2) is 8.83. The van der Waals surface area contributed by atoms with E-state index < -0.39 is 10.0 Å². The summed E-state index contributed by atoms with van der Waals surface area (Å²) in [6, 6.07) is 18.7. The van der Waals surface area contributed by atoms with Crippen LogP contribution in [0.4, 0.5) is 11.4 Å². The standard InChI is InChI=1S/C26H26N2O4S/c1-16(2)18-6-5-9-21(13-18)28-33(31,32)22-10-11-24-23(14-22)26(30)15-25(27-24)20-8-4-7-19(12-20)17(3)29/h4-14,16,25,27-28H,15H2,1-3H3. The second-order valence-corrected chi connectivity index (χ2v) is 10.3. The Kier molecular flexibility index (Phi) is 6.08. The molecule has 4 rings (SSSR count). The van der Waals surface area contributed by atoms with E-state index >= 15 is 0 Å². The monoisotopic (exact) mass is 462 g/mol. The molecule has 0 bridgehead atoms. The minimum atomic E-state index is -3.86. The topological polar surface area (TPSA) is 92.3 Å². The van der Waals surface area contributed by atoms with Gasteiger partial charge in [0.2, 0.25) is 0 Å². The zero-order valence-electron chi connectivity index (χ0n) is 18.8. The number of nitrogens with one attached hydrogen (secondary N) is 2. The van der Waals surface area contributed by atoms with Crippen LogP contribution in [0.5, 0.6) is 0 Å². The summed E-state index contributed by atoms with van der Waals surface area (Å²) in [5.41, 5.74) is 3.85. The van der Waals surface area contributed by atoms with Gasteiger partial charge in [0.05, 0.1) is 10.9 Å². The molecule has 1 aliphatic heterocycles. The first-order valence-corrected chi connectivity index (χ1v) is 12.3. The van der Waals surface area contributed by atoms with E-state index in [-0.39, 0.29) is 34.8 Å². The van der Waals surface area contributed by atoms with Gasteiger partial charge in [-0.05, 0) is 60.4 Å². The molecular formula is C26H26N2O4S. The predicted molar refractivity (Wildman–Crippen MR) is 130 cm³/mol. The van der Waals surface area contributed by atoms with E-state index in [0.717, 1.165) is 11.1 Å². The summed E-state index contributed by atoms with van der Waals surface area (Å²) in [5, 5.41) is 3.31. The summed E-state index contributed by atoms with van der Waals surface area (Å²) in [6.45, 7) is 5.58.